The first-order valence-corrected chi connectivity index (χ1v) is 8.27. The average Bonchev–Trinajstić information content (AvgIpc) is 2.97. The Balaban J connectivity index is 1.59. The third kappa shape index (κ3) is 3.74. The number of hydrogen-bond acceptors (Lipinski definition) is 3. The Morgan fingerprint density at radius 3 is 2.70 bits per heavy atom. The van der Waals surface area contributed by atoms with Crippen LogP contribution in [0.2, 0.25) is 0 Å². The number of carbonyl (C=O) groups is 1. The van der Waals surface area contributed by atoms with Crippen molar-refractivity contribution in [1.29, 1.82) is 0 Å². The summed E-state index contributed by atoms with van der Waals surface area (Å²) in [5, 5.41) is 0.957. The minimum atomic E-state index is -0.279. The first kappa shape index (κ1) is 15.6. The lowest BCUT2D eigenvalue weighted by Crippen LogP contribution is -2.26. The first-order chi connectivity index (χ1) is 11.1. The fourth-order valence-corrected chi connectivity index (χ4v) is 3.37. The molecule has 0 bridgehead atoms. The summed E-state index contributed by atoms with van der Waals surface area (Å²) in [7, 11) is 1.70. The normalized spacial score (nSPS) is 10.9. The summed E-state index contributed by atoms with van der Waals surface area (Å²) in [5.74, 6) is -0.286. The predicted octanol–water partition coefficient (Wildman–Crippen LogP) is 4.03. The maximum atomic E-state index is 13.6. The lowest BCUT2D eigenvalue weighted by atomic mass is 10.2. The van der Waals surface area contributed by atoms with Gasteiger partial charge in [0.1, 0.15) is 5.82 Å². The van der Waals surface area contributed by atoms with Gasteiger partial charge < -0.3 is 4.90 Å². The van der Waals surface area contributed by atoms with Crippen LogP contribution in [-0.4, -0.2) is 22.8 Å². The molecule has 3 nitrogen and oxygen atoms in total. The fraction of sp³-hybridized carbons (Fsp3) is 0.222. The van der Waals surface area contributed by atoms with Crippen LogP contribution in [0.1, 0.15) is 17.0 Å². The molecule has 3 aromatic rings. The van der Waals surface area contributed by atoms with Crippen LogP contribution >= 0.6 is 11.3 Å². The number of halogens is 1. The van der Waals surface area contributed by atoms with E-state index >= 15 is 0 Å². The Morgan fingerprint density at radius 1 is 1.17 bits per heavy atom. The molecule has 0 radical (unpaired) electrons. The summed E-state index contributed by atoms with van der Waals surface area (Å²) >= 11 is 1.62. The molecular weight excluding hydrogens is 311 g/mol. The Labute approximate surface area is 138 Å². The van der Waals surface area contributed by atoms with Crippen LogP contribution in [0.3, 0.4) is 0 Å². The largest absolute Gasteiger partial charge is 0.341 e. The molecule has 1 amide bonds. The number of hydrogen-bond donors (Lipinski definition) is 0. The average molecular weight is 328 g/mol. The van der Waals surface area contributed by atoms with Gasteiger partial charge in [0.15, 0.2) is 0 Å². The van der Waals surface area contributed by atoms with E-state index in [-0.39, 0.29) is 18.3 Å². The molecule has 0 fully saturated rings. The second kappa shape index (κ2) is 6.87. The molecule has 0 aliphatic rings. The summed E-state index contributed by atoms with van der Waals surface area (Å²) in [6.45, 7) is 0.283. The topological polar surface area (TPSA) is 33.2 Å². The van der Waals surface area contributed by atoms with E-state index in [2.05, 4.69) is 4.98 Å². The number of fused-ring (bicyclic) bond motifs is 1. The molecule has 0 N–H and O–H groups in total. The molecule has 0 atom stereocenters. The lowest BCUT2D eigenvalue weighted by molar-refractivity contribution is -0.130. The van der Waals surface area contributed by atoms with Crippen LogP contribution in [0.4, 0.5) is 4.39 Å². The van der Waals surface area contributed by atoms with Crippen LogP contribution in [0, 0.1) is 5.82 Å². The van der Waals surface area contributed by atoms with Gasteiger partial charge in [-0.05, 0) is 18.2 Å². The highest BCUT2D eigenvalue weighted by Gasteiger charge is 2.13. The molecule has 1 heterocycles. The highest BCUT2D eigenvalue weighted by atomic mass is 32.1. The Morgan fingerprint density at radius 2 is 1.91 bits per heavy atom. The molecule has 5 heteroatoms. The number of aromatic nitrogens is 1. The smallest absolute Gasteiger partial charge is 0.223 e. The van der Waals surface area contributed by atoms with Crippen molar-refractivity contribution < 1.29 is 9.18 Å². The number of benzene rings is 2. The number of amides is 1. The zero-order chi connectivity index (χ0) is 16.2. The van der Waals surface area contributed by atoms with E-state index in [1.807, 2.05) is 24.3 Å². The van der Waals surface area contributed by atoms with Gasteiger partial charge in [-0.2, -0.15) is 0 Å². The second-order valence-corrected chi connectivity index (χ2v) is 6.53. The van der Waals surface area contributed by atoms with Crippen molar-refractivity contribution in [3.8, 4) is 0 Å². The number of rotatable bonds is 5. The summed E-state index contributed by atoms with van der Waals surface area (Å²) in [5.41, 5.74) is 1.50. The quantitative estimate of drug-likeness (QED) is 0.708. The van der Waals surface area contributed by atoms with Gasteiger partial charge in [-0.3, -0.25) is 4.79 Å². The summed E-state index contributed by atoms with van der Waals surface area (Å²) in [6.07, 6.45) is 0.991. The Hall–Kier alpha value is -2.27. The zero-order valence-corrected chi connectivity index (χ0v) is 13.6. The molecule has 2 aromatic carbocycles. The van der Waals surface area contributed by atoms with Gasteiger partial charge in [0.2, 0.25) is 5.91 Å². The second-order valence-electron chi connectivity index (χ2n) is 5.42. The zero-order valence-electron chi connectivity index (χ0n) is 12.8. The molecule has 0 unspecified atom stereocenters. The number of nitrogens with zero attached hydrogens (tertiary/aromatic N) is 2. The van der Waals surface area contributed by atoms with Crippen molar-refractivity contribution in [2.45, 2.75) is 19.4 Å². The fourth-order valence-electron chi connectivity index (χ4n) is 2.40. The Kier molecular flexibility index (Phi) is 4.67. The first-order valence-electron chi connectivity index (χ1n) is 7.45. The van der Waals surface area contributed by atoms with Crippen LogP contribution in [0.15, 0.2) is 48.5 Å². The molecule has 23 heavy (non-hydrogen) atoms. The van der Waals surface area contributed by atoms with E-state index in [0.717, 1.165) is 15.2 Å². The van der Waals surface area contributed by atoms with Gasteiger partial charge >= 0.3 is 0 Å². The van der Waals surface area contributed by atoms with Crippen LogP contribution < -0.4 is 0 Å². The summed E-state index contributed by atoms with van der Waals surface area (Å²) in [4.78, 5) is 18.3. The highest BCUT2D eigenvalue weighted by molar-refractivity contribution is 7.18. The van der Waals surface area contributed by atoms with Crippen LogP contribution in [-0.2, 0) is 17.8 Å². The molecule has 0 aliphatic carbocycles. The number of thiazole rings is 1. The molecular formula is C18H17FN2OS. The summed E-state index contributed by atoms with van der Waals surface area (Å²) in [6, 6.07) is 14.5. The van der Waals surface area contributed by atoms with E-state index in [9.17, 15) is 9.18 Å². The van der Waals surface area contributed by atoms with Crippen molar-refractivity contribution in [2.24, 2.45) is 0 Å². The Bertz CT molecular complexity index is 798. The van der Waals surface area contributed by atoms with E-state index in [4.69, 9.17) is 0 Å². The van der Waals surface area contributed by atoms with Gasteiger partial charge in [-0.25, -0.2) is 9.37 Å². The third-order valence-electron chi connectivity index (χ3n) is 3.68. The van der Waals surface area contributed by atoms with Gasteiger partial charge in [-0.15, -0.1) is 11.3 Å². The monoisotopic (exact) mass is 328 g/mol. The van der Waals surface area contributed by atoms with Gasteiger partial charge in [0.05, 0.1) is 15.2 Å². The van der Waals surface area contributed by atoms with Crippen molar-refractivity contribution in [3.05, 3.63) is 64.9 Å². The van der Waals surface area contributed by atoms with Gasteiger partial charge in [0, 0.05) is 32.0 Å². The molecule has 0 spiro atoms. The SMILES string of the molecule is CN(Cc1ccccc1F)C(=O)CCc1nc2ccccc2s1. The standard InChI is InChI=1S/C18H17FN2OS/c1-21(12-13-6-2-3-7-14(13)19)18(22)11-10-17-20-15-8-4-5-9-16(15)23-17/h2-9H,10-12H2,1H3. The molecule has 0 aliphatic heterocycles. The van der Waals surface area contributed by atoms with E-state index < -0.39 is 0 Å². The maximum Gasteiger partial charge on any atom is 0.223 e. The third-order valence-corrected chi connectivity index (χ3v) is 4.78. The number of carbonyl (C=O) groups excluding carboxylic acids is 1. The van der Waals surface area contributed by atoms with Crippen molar-refractivity contribution >= 4 is 27.5 Å². The van der Waals surface area contributed by atoms with Crippen molar-refractivity contribution in [2.75, 3.05) is 7.05 Å². The number of aryl methyl sites for hydroxylation is 1. The molecule has 0 saturated carbocycles. The van der Waals surface area contributed by atoms with Crippen molar-refractivity contribution in [3.63, 3.8) is 0 Å². The van der Waals surface area contributed by atoms with Gasteiger partial charge in [0.25, 0.3) is 0 Å². The van der Waals surface area contributed by atoms with E-state index in [0.29, 0.717) is 18.4 Å². The van der Waals surface area contributed by atoms with Crippen LogP contribution in [0.25, 0.3) is 10.2 Å². The van der Waals surface area contributed by atoms with Gasteiger partial charge in [-0.1, -0.05) is 30.3 Å². The predicted molar refractivity (Wildman–Crippen MR) is 90.8 cm³/mol. The summed E-state index contributed by atoms with van der Waals surface area (Å²) < 4.78 is 14.8. The van der Waals surface area contributed by atoms with Crippen LogP contribution in [0.5, 0.6) is 0 Å². The van der Waals surface area contributed by atoms with E-state index in [1.54, 1.807) is 41.5 Å². The van der Waals surface area contributed by atoms with Crippen molar-refractivity contribution in [1.82, 2.24) is 9.88 Å². The highest BCUT2D eigenvalue weighted by Crippen LogP contribution is 2.22. The van der Waals surface area contributed by atoms with E-state index in [1.165, 1.54) is 6.07 Å². The number of para-hydroxylation sites is 1. The lowest BCUT2D eigenvalue weighted by Gasteiger charge is -2.17. The minimum Gasteiger partial charge on any atom is -0.341 e. The molecule has 3 rings (SSSR count). The maximum absolute atomic E-state index is 13.6. The molecule has 1 aromatic heterocycles. The molecule has 118 valence electrons. The minimum absolute atomic E-state index is 0.00694. The molecule has 0 saturated heterocycles.